The van der Waals surface area contributed by atoms with Crippen LogP contribution in [-0.4, -0.2) is 26.5 Å². The Kier molecular flexibility index (Phi) is 7.08. The van der Waals surface area contributed by atoms with Gasteiger partial charge in [0.25, 0.3) is 0 Å². The molecule has 0 unspecified atom stereocenters. The first-order chi connectivity index (χ1) is 10.6. The Bertz CT molecular complexity index is 411. The Balaban J connectivity index is 3.13. The van der Waals surface area contributed by atoms with Gasteiger partial charge in [-0.1, -0.05) is 39.7 Å². The lowest BCUT2D eigenvalue weighted by atomic mass is 9.72. The Morgan fingerprint density at radius 2 is 2.00 bits per heavy atom. The molecule has 0 aliphatic heterocycles. The second-order valence-corrected chi connectivity index (χ2v) is 13.1. The number of ether oxygens (including phenoxy) is 1. The molecule has 0 heterocycles. The maximum atomic E-state index is 12.3. The van der Waals surface area contributed by atoms with Crippen molar-refractivity contribution in [2.24, 2.45) is 5.92 Å². The lowest BCUT2D eigenvalue weighted by Gasteiger charge is -2.51. The fourth-order valence-corrected chi connectivity index (χ4v) is 5.00. The minimum atomic E-state index is -1.97. The molecule has 2 atom stereocenters. The van der Waals surface area contributed by atoms with Gasteiger partial charge in [-0.25, -0.2) is 0 Å². The number of carbonyl (C=O) groups is 1. The number of hydrogen-bond acceptors (Lipinski definition) is 3. The van der Waals surface area contributed by atoms with Gasteiger partial charge in [0.05, 0.1) is 18.6 Å². The van der Waals surface area contributed by atoms with Crippen LogP contribution in [0.25, 0.3) is 0 Å². The summed E-state index contributed by atoms with van der Waals surface area (Å²) in [6.07, 6.45) is 7.67. The molecule has 23 heavy (non-hydrogen) atoms. The molecule has 0 N–H and O–H groups in total. The van der Waals surface area contributed by atoms with E-state index in [-0.39, 0.29) is 16.6 Å². The molecular formula is C19H36O3Si. The summed E-state index contributed by atoms with van der Waals surface area (Å²) >= 11 is 0. The standard InChI is InChI=1S/C19H36O3Si/c1-8-12-16-13-10-11-14-19(16,15-17(20)21-9-2)22-23(6,7)18(3,4)5/h8,16H,1,9-15H2,2-7H3/t16-,19-/m0/s1. The van der Waals surface area contributed by atoms with Crippen LogP contribution in [0.4, 0.5) is 0 Å². The molecule has 0 aromatic rings. The monoisotopic (exact) mass is 340 g/mol. The fourth-order valence-electron chi connectivity index (χ4n) is 3.34. The van der Waals surface area contributed by atoms with E-state index >= 15 is 0 Å². The lowest BCUT2D eigenvalue weighted by Crippen LogP contribution is -2.55. The highest BCUT2D eigenvalue weighted by Gasteiger charge is 2.50. The topological polar surface area (TPSA) is 35.5 Å². The number of rotatable bonds is 7. The lowest BCUT2D eigenvalue weighted by molar-refractivity contribution is -0.152. The van der Waals surface area contributed by atoms with Gasteiger partial charge < -0.3 is 9.16 Å². The molecule has 1 rings (SSSR count). The van der Waals surface area contributed by atoms with Gasteiger partial charge >= 0.3 is 5.97 Å². The predicted octanol–water partition coefficient (Wildman–Crippen LogP) is 5.47. The summed E-state index contributed by atoms with van der Waals surface area (Å²) in [5, 5.41) is 0.130. The molecule has 3 nitrogen and oxygen atoms in total. The smallest absolute Gasteiger partial charge is 0.308 e. The molecule has 4 heteroatoms. The average molecular weight is 341 g/mol. The van der Waals surface area contributed by atoms with Gasteiger partial charge in [-0.2, -0.15) is 0 Å². The van der Waals surface area contributed by atoms with E-state index in [4.69, 9.17) is 9.16 Å². The zero-order valence-corrected chi connectivity index (χ0v) is 17.0. The second-order valence-electron chi connectivity index (χ2n) is 8.38. The first-order valence-electron chi connectivity index (χ1n) is 9.04. The van der Waals surface area contributed by atoms with Crippen LogP contribution in [0.5, 0.6) is 0 Å². The maximum Gasteiger partial charge on any atom is 0.308 e. The molecular weight excluding hydrogens is 304 g/mol. The van der Waals surface area contributed by atoms with Crippen LogP contribution < -0.4 is 0 Å². The van der Waals surface area contributed by atoms with E-state index in [1.54, 1.807) is 0 Å². The van der Waals surface area contributed by atoms with Crippen molar-refractivity contribution in [3.63, 3.8) is 0 Å². The van der Waals surface area contributed by atoms with Crippen LogP contribution in [-0.2, 0) is 14.0 Å². The molecule has 1 aliphatic carbocycles. The van der Waals surface area contributed by atoms with E-state index in [1.165, 1.54) is 6.42 Å². The van der Waals surface area contributed by atoms with Crippen LogP contribution in [0.1, 0.15) is 66.2 Å². The summed E-state index contributed by atoms with van der Waals surface area (Å²) in [7, 11) is -1.97. The molecule has 0 bridgehead atoms. The first kappa shape index (κ1) is 20.4. The van der Waals surface area contributed by atoms with Crippen molar-refractivity contribution in [3.05, 3.63) is 12.7 Å². The van der Waals surface area contributed by atoms with E-state index in [1.807, 2.05) is 13.0 Å². The third-order valence-electron chi connectivity index (χ3n) is 5.61. The summed E-state index contributed by atoms with van der Waals surface area (Å²) in [5.74, 6) is 0.245. The van der Waals surface area contributed by atoms with Gasteiger partial charge in [0.15, 0.2) is 8.32 Å². The molecule has 0 aromatic heterocycles. The van der Waals surface area contributed by atoms with Crippen LogP contribution in [0.15, 0.2) is 12.7 Å². The van der Waals surface area contributed by atoms with Crippen molar-refractivity contribution >= 4 is 14.3 Å². The van der Waals surface area contributed by atoms with Gasteiger partial charge in [0, 0.05) is 0 Å². The minimum absolute atomic E-state index is 0.123. The van der Waals surface area contributed by atoms with E-state index in [0.29, 0.717) is 18.9 Å². The third kappa shape index (κ3) is 5.18. The molecule has 0 amide bonds. The van der Waals surface area contributed by atoms with Gasteiger partial charge in [-0.05, 0) is 50.2 Å². The van der Waals surface area contributed by atoms with Crippen molar-refractivity contribution in [2.75, 3.05) is 6.61 Å². The van der Waals surface area contributed by atoms with Gasteiger partial charge in [-0.15, -0.1) is 6.58 Å². The van der Waals surface area contributed by atoms with Crippen LogP contribution in [0, 0.1) is 5.92 Å². The van der Waals surface area contributed by atoms with Gasteiger partial charge in [0.1, 0.15) is 0 Å². The van der Waals surface area contributed by atoms with E-state index in [0.717, 1.165) is 25.7 Å². The zero-order chi connectivity index (χ0) is 17.7. The Morgan fingerprint density at radius 3 is 2.52 bits per heavy atom. The highest BCUT2D eigenvalue weighted by Crippen LogP contribution is 2.48. The number of hydrogen-bond donors (Lipinski definition) is 0. The Morgan fingerprint density at radius 1 is 1.35 bits per heavy atom. The summed E-state index contributed by atoms with van der Waals surface area (Å²) < 4.78 is 12.2. The van der Waals surface area contributed by atoms with Crippen molar-refractivity contribution in [2.45, 2.75) is 90.0 Å². The molecule has 0 saturated heterocycles. The van der Waals surface area contributed by atoms with E-state index in [9.17, 15) is 4.79 Å². The molecule has 0 spiro atoms. The molecule has 1 saturated carbocycles. The Labute approximate surface area is 144 Å². The maximum absolute atomic E-state index is 12.3. The summed E-state index contributed by atoms with van der Waals surface area (Å²) in [5.41, 5.74) is -0.373. The van der Waals surface area contributed by atoms with E-state index in [2.05, 4.69) is 40.4 Å². The highest BCUT2D eigenvalue weighted by atomic mass is 28.4. The van der Waals surface area contributed by atoms with Crippen molar-refractivity contribution in [1.29, 1.82) is 0 Å². The van der Waals surface area contributed by atoms with Crippen LogP contribution in [0.2, 0.25) is 18.1 Å². The normalized spacial score (nSPS) is 25.9. The van der Waals surface area contributed by atoms with Gasteiger partial charge in [-0.3, -0.25) is 4.79 Å². The van der Waals surface area contributed by atoms with E-state index < -0.39 is 8.32 Å². The Hall–Kier alpha value is -0.613. The number of carbonyl (C=O) groups excluding carboxylic acids is 1. The quantitative estimate of drug-likeness (QED) is 0.350. The molecule has 0 aromatic carbocycles. The predicted molar refractivity (Wildman–Crippen MR) is 99.0 cm³/mol. The van der Waals surface area contributed by atoms with Gasteiger partial charge in [0.2, 0.25) is 0 Å². The van der Waals surface area contributed by atoms with Crippen LogP contribution in [0.3, 0.4) is 0 Å². The number of esters is 1. The largest absolute Gasteiger partial charge is 0.466 e. The van der Waals surface area contributed by atoms with Crippen LogP contribution >= 0.6 is 0 Å². The first-order valence-corrected chi connectivity index (χ1v) is 12.0. The molecule has 0 radical (unpaired) electrons. The molecule has 1 fully saturated rings. The summed E-state index contributed by atoms with van der Waals surface area (Å²) in [6.45, 7) is 17.5. The summed E-state index contributed by atoms with van der Waals surface area (Å²) in [4.78, 5) is 12.3. The van der Waals surface area contributed by atoms with Crippen molar-refractivity contribution in [1.82, 2.24) is 0 Å². The minimum Gasteiger partial charge on any atom is -0.466 e. The summed E-state index contributed by atoms with van der Waals surface area (Å²) in [6, 6.07) is 0. The number of allylic oxidation sites excluding steroid dienone is 1. The highest BCUT2D eigenvalue weighted by molar-refractivity contribution is 6.74. The van der Waals surface area contributed by atoms with Crippen molar-refractivity contribution < 1.29 is 14.0 Å². The average Bonchev–Trinajstić information content (AvgIpc) is 2.40. The zero-order valence-electron chi connectivity index (χ0n) is 16.0. The fraction of sp³-hybridized carbons (Fsp3) is 0.842. The molecule has 1 aliphatic rings. The third-order valence-corrected chi connectivity index (χ3v) is 10.1. The van der Waals surface area contributed by atoms with Crippen molar-refractivity contribution in [3.8, 4) is 0 Å². The molecule has 134 valence electrons. The second kappa shape index (κ2) is 7.97. The SMILES string of the molecule is C=CC[C@H]1CCCC[C@@]1(CC(=O)OCC)O[Si](C)(C)C(C)(C)C.